The van der Waals surface area contributed by atoms with E-state index in [1.165, 1.54) is 47.8 Å². The summed E-state index contributed by atoms with van der Waals surface area (Å²) in [4.78, 5) is 13.2. The van der Waals surface area contributed by atoms with Crippen LogP contribution in [-0.4, -0.2) is 38.3 Å². The van der Waals surface area contributed by atoms with E-state index < -0.39 is 15.8 Å². The second-order valence-electron chi connectivity index (χ2n) is 9.88. The first kappa shape index (κ1) is 19.5. The number of nitrogens with one attached hydrogen (secondary N) is 1. The molecule has 1 heterocycles. The first-order valence-electron chi connectivity index (χ1n) is 10.9. The highest BCUT2D eigenvalue weighted by molar-refractivity contribution is 7.89. The van der Waals surface area contributed by atoms with Gasteiger partial charge in [-0.1, -0.05) is 0 Å². The number of hydrogen-bond acceptors (Lipinski definition) is 3. The molecule has 1 saturated heterocycles. The van der Waals surface area contributed by atoms with Gasteiger partial charge in [0.1, 0.15) is 5.82 Å². The molecule has 1 unspecified atom stereocenters. The fraction of sp³-hybridized carbons (Fsp3) is 0.682. The van der Waals surface area contributed by atoms with E-state index in [2.05, 4.69) is 5.32 Å². The molecule has 0 aromatic heterocycles. The van der Waals surface area contributed by atoms with E-state index in [0.717, 1.165) is 43.4 Å². The summed E-state index contributed by atoms with van der Waals surface area (Å²) in [6.45, 7) is 1.38. The number of hydrogen-bond donors (Lipinski definition) is 1. The van der Waals surface area contributed by atoms with Crippen LogP contribution in [0.15, 0.2) is 29.2 Å². The maximum Gasteiger partial charge on any atom is 0.243 e. The van der Waals surface area contributed by atoms with E-state index in [4.69, 9.17) is 0 Å². The average molecular weight is 421 g/mol. The van der Waals surface area contributed by atoms with Crippen molar-refractivity contribution in [3.8, 4) is 0 Å². The Labute approximate surface area is 172 Å². The minimum absolute atomic E-state index is 0.122. The van der Waals surface area contributed by atoms with Crippen LogP contribution < -0.4 is 5.32 Å². The van der Waals surface area contributed by atoms with E-state index in [1.54, 1.807) is 0 Å². The number of halogens is 1. The Balaban J connectivity index is 1.19. The fourth-order valence-electron chi connectivity index (χ4n) is 6.75. The number of benzene rings is 1. The van der Waals surface area contributed by atoms with Crippen LogP contribution in [0, 0.1) is 34.9 Å². The molecule has 5 fully saturated rings. The highest BCUT2D eigenvalue weighted by Gasteiger charge is 2.54. The number of rotatable bonds is 5. The second kappa shape index (κ2) is 7.05. The third-order valence-corrected chi connectivity index (χ3v) is 9.65. The van der Waals surface area contributed by atoms with E-state index in [1.807, 2.05) is 0 Å². The number of carbonyl (C=O) groups excluding carboxylic acids is 1. The largest absolute Gasteiger partial charge is 0.355 e. The standard InChI is InChI=1S/C22H29FN2O3S/c23-19-1-3-20(4-2-19)29(27,28)25-6-5-15(14-25)13-24-21(26)22-10-16-7-17(11-22)9-18(8-16)12-22/h1-4,15-18H,5-14H2,(H,24,26)/t15?,16-,17+,18?,22?. The van der Waals surface area contributed by atoms with Crippen molar-refractivity contribution < 1.29 is 17.6 Å². The molecule has 4 aliphatic carbocycles. The first-order chi connectivity index (χ1) is 13.8. The molecular weight excluding hydrogens is 391 g/mol. The molecule has 0 radical (unpaired) electrons. The van der Waals surface area contributed by atoms with Gasteiger partial charge in [-0.05, 0) is 92.9 Å². The maximum absolute atomic E-state index is 13.1. The monoisotopic (exact) mass is 420 g/mol. The predicted octanol–water partition coefficient (Wildman–Crippen LogP) is 3.17. The smallest absolute Gasteiger partial charge is 0.243 e. The molecule has 1 aromatic rings. The Morgan fingerprint density at radius 2 is 1.66 bits per heavy atom. The molecule has 7 heteroatoms. The summed E-state index contributed by atoms with van der Waals surface area (Å²) >= 11 is 0. The molecule has 1 amide bonds. The second-order valence-corrected chi connectivity index (χ2v) is 11.8. The van der Waals surface area contributed by atoms with Crippen LogP contribution >= 0.6 is 0 Å². The summed E-state index contributed by atoms with van der Waals surface area (Å²) in [5.74, 6) is 2.08. The topological polar surface area (TPSA) is 66.5 Å². The minimum Gasteiger partial charge on any atom is -0.355 e. The Kier molecular flexibility index (Phi) is 4.74. The Bertz CT molecular complexity index is 864. The van der Waals surface area contributed by atoms with E-state index in [-0.39, 0.29) is 22.1 Å². The third kappa shape index (κ3) is 3.50. The molecule has 29 heavy (non-hydrogen) atoms. The average Bonchev–Trinajstić information content (AvgIpc) is 3.15. The van der Waals surface area contributed by atoms with Crippen LogP contribution in [-0.2, 0) is 14.8 Å². The lowest BCUT2D eigenvalue weighted by molar-refractivity contribution is -0.146. The molecular formula is C22H29FN2O3S. The summed E-state index contributed by atoms with van der Waals surface area (Å²) < 4.78 is 40.1. The molecule has 0 spiro atoms. The molecule has 5 nitrogen and oxygen atoms in total. The summed E-state index contributed by atoms with van der Waals surface area (Å²) in [7, 11) is -3.61. The van der Waals surface area contributed by atoms with Crippen molar-refractivity contribution >= 4 is 15.9 Å². The molecule has 1 aliphatic heterocycles. The van der Waals surface area contributed by atoms with E-state index in [9.17, 15) is 17.6 Å². The zero-order valence-electron chi connectivity index (χ0n) is 16.6. The normalized spacial score (nSPS) is 36.4. The number of sulfonamides is 1. The SMILES string of the molecule is O=C(NCC1CCN(S(=O)(=O)c2ccc(F)cc2)C1)C12CC3C[C@H](C1)C[C@@H](C3)C2. The molecule has 4 bridgehead atoms. The number of nitrogens with zero attached hydrogens (tertiary/aromatic N) is 1. The van der Waals surface area contributed by atoms with Gasteiger partial charge in [0.25, 0.3) is 0 Å². The summed E-state index contributed by atoms with van der Waals surface area (Å²) in [6, 6.07) is 4.97. The minimum atomic E-state index is -3.61. The Hall–Kier alpha value is -1.47. The first-order valence-corrected chi connectivity index (χ1v) is 12.3. The van der Waals surface area contributed by atoms with Crippen molar-refractivity contribution in [1.29, 1.82) is 0 Å². The van der Waals surface area contributed by atoms with Crippen molar-refractivity contribution in [3.63, 3.8) is 0 Å². The van der Waals surface area contributed by atoms with Gasteiger partial charge in [-0.2, -0.15) is 4.31 Å². The molecule has 1 atom stereocenters. The van der Waals surface area contributed by atoms with Gasteiger partial charge < -0.3 is 5.32 Å². The van der Waals surface area contributed by atoms with E-state index >= 15 is 0 Å². The zero-order chi connectivity index (χ0) is 20.2. The van der Waals surface area contributed by atoms with Gasteiger partial charge in [0.05, 0.1) is 4.90 Å². The van der Waals surface area contributed by atoms with Crippen molar-refractivity contribution in [2.24, 2.45) is 29.1 Å². The van der Waals surface area contributed by atoms with Gasteiger partial charge in [0.2, 0.25) is 15.9 Å². The van der Waals surface area contributed by atoms with Crippen LogP contribution in [0.4, 0.5) is 4.39 Å². The summed E-state index contributed by atoms with van der Waals surface area (Å²) in [6.07, 6.45) is 7.80. The lowest BCUT2D eigenvalue weighted by atomic mass is 9.49. The highest BCUT2D eigenvalue weighted by Crippen LogP contribution is 2.60. The molecule has 158 valence electrons. The lowest BCUT2D eigenvalue weighted by Crippen LogP contribution is -2.54. The van der Waals surface area contributed by atoms with Crippen LogP contribution in [0.2, 0.25) is 0 Å². The highest BCUT2D eigenvalue weighted by atomic mass is 32.2. The van der Waals surface area contributed by atoms with Crippen LogP contribution in [0.3, 0.4) is 0 Å². The Morgan fingerprint density at radius 3 is 2.24 bits per heavy atom. The van der Waals surface area contributed by atoms with Gasteiger partial charge in [-0.25, -0.2) is 12.8 Å². The van der Waals surface area contributed by atoms with Crippen LogP contribution in [0.1, 0.15) is 44.9 Å². The maximum atomic E-state index is 13.1. The van der Waals surface area contributed by atoms with Crippen molar-refractivity contribution in [2.45, 2.75) is 49.8 Å². The van der Waals surface area contributed by atoms with Gasteiger partial charge in [-0.3, -0.25) is 4.79 Å². The van der Waals surface area contributed by atoms with Gasteiger partial charge >= 0.3 is 0 Å². The molecule has 4 saturated carbocycles. The molecule has 1 N–H and O–H groups in total. The predicted molar refractivity (Wildman–Crippen MR) is 107 cm³/mol. The molecule has 6 rings (SSSR count). The van der Waals surface area contributed by atoms with Gasteiger partial charge in [-0.15, -0.1) is 0 Å². The van der Waals surface area contributed by atoms with Crippen molar-refractivity contribution in [3.05, 3.63) is 30.1 Å². The zero-order valence-corrected chi connectivity index (χ0v) is 17.5. The quantitative estimate of drug-likeness (QED) is 0.796. The Morgan fingerprint density at radius 1 is 1.07 bits per heavy atom. The van der Waals surface area contributed by atoms with Crippen LogP contribution in [0.25, 0.3) is 0 Å². The number of amides is 1. The van der Waals surface area contributed by atoms with Gasteiger partial charge in [0, 0.05) is 25.0 Å². The van der Waals surface area contributed by atoms with Crippen molar-refractivity contribution in [1.82, 2.24) is 9.62 Å². The van der Waals surface area contributed by atoms with Crippen LogP contribution in [0.5, 0.6) is 0 Å². The third-order valence-electron chi connectivity index (χ3n) is 7.77. The van der Waals surface area contributed by atoms with Crippen molar-refractivity contribution in [2.75, 3.05) is 19.6 Å². The number of carbonyl (C=O) groups is 1. The molecule has 1 aromatic carbocycles. The summed E-state index contributed by atoms with van der Waals surface area (Å²) in [5.41, 5.74) is -0.159. The van der Waals surface area contributed by atoms with E-state index in [0.29, 0.717) is 19.6 Å². The van der Waals surface area contributed by atoms with Gasteiger partial charge in [0.15, 0.2) is 0 Å². The summed E-state index contributed by atoms with van der Waals surface area (Å²) in [5, 5.41) is 3.19. The molecule has 5 aliphatic rings. The fourth-order valence-corrected chi connectivity index (χ4v) is 8.28. The lowest BCUT2D eigenvalue weighted by Gasteiger charge is -2.55.